The second-order valence-electron chi connectivity index (χ2n) is 6.99. The average Bonchev–Trinajstić information content (AvgIpc) is 3.17. The lowest BCUT2D eigenvalue weighted by molar-refractivity contribution is -0.137. The highest BCUT2D eigenvalue weighted by Crippen LogP contribution is 2.27. The summed E-state index contributed by atoms with van der Waals surface area (Å²) in [7, 11) is 0. The summed E-state index contributed by atoms with van der Waals surface area (Å²) < 4.78 is 0. The second-order valence-corrected chi connectivity index (χ2v) is 7.40. The Hall–Kier alpha value is -2.34. The number of nitrogens with one attached hydrogen (secondary N) is 2. The Balaban J connectivity index is 1.56. The summed E-state index contributed by atoms with van der Waals surface area (Å²) in [6, 6.07) is 7.86. The lowest BCUT2D eigenvalue weighted by Gasteiger charge is -2.13. The van der Waals surface area contributed by atoms with Crippen LogP contribution in [0.2, 0.25) is 5.02 Å². The fraction of sp³-hybridized carbons (Fsp3) is 0.450. The quantitative estimate of drug-likeness (QED) is 0.567. The molecule has 1 aromatic heterocycles. The number of carboxylic acid groups (broad SMARTS) is 1. The van der Waals surface area contributed by atoms with Crippen molar-refractivity contribution in [3.05, 3.63) is 41.0 Å². The zero-order valence-electron chi connectivity index (χ0n) is 15.2. The Kier molecular flexibility index (Phi) is 6.87. The van der Waals surface area contributed by atoms with Gasteiger partial charge in [-0.25, -0.2) is 4.98 Å². The van der Waals surface area contributed by atoms with Gasteiger partial charge in [0, 0.05) is 18.7 Å². The van der Waals surface area contributed by atoms with Crippen molar-refractivity contribution in [2.75, 3.05) is 17.2 Å². The molecule has 1 fully saturated rings. The van der Waals surface area contributed by atoms with Gasteiger partial charge in [-0.3, -0.25) is 4.79 Å². The number of aliphatic carboxylic acids is 1. The highest BCUT2D eigenvalue weighted by molar-refractivity contribution is 6.32. The molecule has 3 N–H and O–H groups in total. The number of benzene rings is 1. The smallest absolute Gasteiger partial charge is 0.303 e. The van der Waals surface area contributed by atoms with Gasteiger partial charge in [0.2, 0.25) is 5.95 Å². The molecule has 0 aliphatic heterocycles. The fourth-order valence-corrected chi connectivity index (χ4v) is 3.49. The van der Waals surface area contributed by atoms with Crippen LogP contribution in [0.3, 0.4) is 0 Å². The van der Waals surface area contributed by atoms with Gasteiger partial charge in [-0.1, -0.05) is 36.6 Å². The van der Waals surface area contributed by atoms with E-state index in [0.29, 0.717) is 29.1 Å². The third-order valence-corrected chi connectivity index (χ3v) is 5.12. The number of rotatable bonds is 9. The van der Waals surface area contributed by atoms with E-state index in [-0.39, 0.29) is 6.42 Å². The lowest BCUT2D eigenvalue weighted by atomic mass is 10.1. The molecule has 0 saturated heterocycles. The molecule has 0 amide bonds. The van der Waals surface area contributed by atoms with Crippen LogP contribution in [0.4, 0.5) is 17.5 Å². The number of aryl methyl sites for hydroxylation is 1. The zero-order valence-corrected chi connectivity index (χ0v) is 16.0. The van der Waals surface area contributed by atoms with Crippen molar-refractivity contribution in [2.45, 2.75) is 44.9 Å². The Labute approximate surface area is 164 Å². The summed E-state index contributed by atoms with van der Waals surface area (Å²) in [5.74, 6) is 1.09. The number of hydrogen-bond donors (Lipinski definition) is 3. The van der Waals surface area contributed by atoms with Gasteiger partial charge >= 0.3 is 5.97 Å². The van der Waals surface area contributed by atoms with Gasteiger partial charge in [-0.2, -0.15) is 4.98 Å². The SMILES string of the molecule is O=C(O)CCCc1ccc(Nc2ncc(Cl)c(NCC3CCCC3)n2)cc1. The molecule has 6 nitrogen and oxygen atoms in total. The van der Waals surface area contributed by atoms with Crippen molar-refractivity contribution in [1.82, 2.24) is 9.97 Å². The van der Waals surface area contributed by atoms with E-state index in [4.69, 9.17) is 16.7 Å². The van der Waals surface area contributed by atoms with Crippen molar-refractivity contribution in [1.29, 1.82) is 0 Å². The van der Waals surface area contributed by atoms with Gasteiger partial charge in [0.25, 0.3) is 0 Å². The lowest BCUT2D eigenvalue weighted by Crippen LogP contribution is -2.13. The van der Waals surface area contributed by atoms with Gasteiger partial charge in [0.1, 0.15) is 5.02 Å². The van der Waals surface area contributed by atoms with Crippen LogP contribution in [0.1, 0.15) is 44.1 Å². The van der Waals surface area contributed by atoms with Gasteiger partial charge < -0.3 is 15.7 Å². The van der Waals surface area contributed by atoms with Crippen molar-refractivity contribution >= 4 is 35.0 Å². The van der Waals surface area contributed by atoms with Crippen molar-refractivity contribution in [2.24, 2.45) is 5.92 Å². The molecule has 0 radical (unpaired) electrons. The van der Waals surface area contributed by atoms with Gasteiger partial charge in [0.05, 0.1) is 6.20 Å². The molecule has 0 unspecified atom stereocenters. The molecule has 144 valence electrons. The molecule has 0 atom stereocenters. The highest BCUT2D eigenvalue weighted by atomic mass is 35.5. The van der Waals surface area contributed by atoms with Gasteiger partial charge in [0.15, 0.2) is 5.82 Å². The average molecular weight is 389 g/mol. The first kappa shape index (κ1) is 19.4. The Morgan fingerprint density at radius 3 is 2.67 bits per heavy atom. The van der Waals surface area contributed by atoms with E-state index in [9.17, 15) is 4.79 Å². The predicted molar refractivity (Wildman–Crippen MR) is 108 cm³/mol. The molecule has 3 rings (SSSR count). The van der Waals surface area contributed by atoms with Crippen molar-refractivity contribution in [3.8, 4) is 0 Å². The minimum Gasteiger partial charge on any atom is -0.481 e. The summed E-state index contributed by atoms with van der Waals surface area (Å²) in [5, 5.41) is 15.8. The number of halogens is 1. The standard InChI is InChI=1S/C20H25ClN4O2/c21-17-13-23-20(25-19(17)22-12-15-4-1-2-5-15)24-16-10-8-14(9-11-16)6-3-7-18(26)27/h8-11,13,15H,1-7,12H2,(H,26,27)(H2,22,23,24,25). The van der Waals surface area contributed by atoms with E-state index in [1.54, 1.807) is 6.20 Å². The minimum absolute atomic E-state index is 0.190. The molecule has 1 aliphatic rings. The van der Waals surface area contributed by atoms with Crippen LogP contribution in [0.5, 0.6) is 0 Å². The minimum atomic E-state index is -0.759. The van der Waals surface area contributed by atoms with Crippen LogP contribution < -0.4 is 10.6 Å². The highest BCUT2D eigenvalue weighted by Gasteiger charge is 2.15. The van der Waals surface area contributed by atoms with E-state index in [0.717, 1.165) is 24.2 Å². The van der Waals surface area contributed by atoms with Crippen LogP contribution in [0, 0.1) is 5.92 Å². The first-order valence-electron chi connectivity index (χ1n) is 9.44. The molecule has 7 heteroatoms. The van der Waals surface area contributed by atoms with Crippen LogP contribution in [-0.4, -0.2) is 27.6 Å². The topological polar surface area (TPSA) is 87.1 Å². The Morgan fingerprint density at radius 2 is 1.96 bits per heavy atom. The molecule has 1 aliphatic carbocycles. The van der Waals surface area contributed by atoms with E-state index in [1.165, 1.54) is 25.7 Å². The van der Waals surface area contributed by atoms with Crippen molar-refractivity contribution < 1.29 is 9.90 Å². The van der Waals surface area contributed by atoms with Crippen molar-refractivity contribution in [3.63, 3.8) is 0 Å². The summed E-state index contributed by atoms with van der Waals surface area (Å²) in [4.78, 5) is 19.3. The number of anilines is 3. The van der Waals surface area contributed by atoms with E-state index < -0.39 is 5.97 Å². The predicted octanol–water partition coefficient (Wildman–Crippen LogP) is 4.88. The molecule has 0 spiro atoms. The summed E-state index contributed by atoms with van der Waals surface area (Å²) in [6.07, 6.45) is 8.33. The van der Waals surface area contributed by atoms with E-state index in [2.05, 4.69) is 20.6 Å². The Morgan fingerprint density at radius 1 is 1.22 bits per heavy atom. The number of carbonyl (C=O) groups is 1. The summed E-state index contributed by atoms with van der Waals surface area (Å²) in [6.45, 7) is 0.890. The van der Waals surface area contributed by atoms with Gasteiger partial charge in [-0.05, 0) is 49.3 Å². The van der Waals surface area contributed by atoms with Crippen LogP contribution in [0.25, 0.3) is 0 Å². The molecular formula is C20H25ClN4O2. The number of carboxylic acids is 1. The first-order valence-corrected chi connectivity index (χ1v) is 9.82. The molecule has 27 heavy (non-hydrogen) atoms. The van der Waals surface area contributed by atoms with Crippen LogP contribution in [-0.2, 0) is 11.2 Å². The van der Waals surface area contributed by atoms with E-state index >= 15 is 0 Å². The maximum Gasteiger partial charge on any atom is 0.303 e. The second kappa shape index (κ2) is 9.55. The fourth-order valence-electron chi connectivity index (χ4n) is 3.33. The molecule has 2 aromatic rings. The van der Waals surface area contributed by atoms with E-state index in [1.807, 2.05) is 24.3 Å². The molecule has 1 aromatic carbocycles. The third kappa shape index (κ3) is 6.10. The summed E-state index contributed by atoms with van der Waals surface area (Å²) >= 11 is 6.22. The molecule has 1 saturated carbocycles. The normalized spacial score (nSPS) is 14.3. The molecule has 0 bridgehead atoms. The summed E-state index contributed by atoms with van der Waals surface area (Å²) in [5.41, 5.74) is 1.98. The number of hydrogen-bond acceptors (Lipinski definition) is 5. The largest absolute Gasteiger partial charge is 0.481 e. The zero-order chi connectivity index (χ0) is 19.1. The number of aromatic nitrogens is 2. The van der Waals surface area contributed by atoms with Gasteiger partial charge in [-0.15, -0.1) is 0 Å². The molecule has 1 heterocycles. The Bertz CT molecular complexity index is 761. The van der Waals surface area contributed by atoms with Crippen LogP contribution in [0.15, 0.2) is 30.5 Å². The third-order valence-electron chi connectivity index (χ3n) is 4.84. The monoisotopic (exact) mass is 388 g/mol. The maximum atomic E-state index is 10.6. The van der Waals surface area contributed by atoms with Crippen LogP contribution >= 0.6 is 11.6 Å². The number of nitrogens with zero attached hydrogens (tertiary/aromatic N) is 2. The maximum absolute atomic E-state index is 10.6. The molecular weight excluding hydrogens is 364 g/mol. The first-order chi connectivity index (χ1) is 13.1.